The molecule has 0 rings (SSSR count). The summed E-state index contributed by atoms with van der Waals surface area (Å²) in [6.07, 6.45) is 2.33. The van der Waals surface area contributed by atoms with E-state index in [2.05, 4.69) is 0 Å². The van der Waals surface area contributed by atoms with Crippen LogP contribution in [0.5, 0.6) is 0 Å². The molecule has 0 aromatic carbocycles. The van der Waals surface area contributed by atoms with Crippen molar-refractivity contribution < 1.29 is 0 Å². The molecule has 0 radical (unpaired) electrons. The first kappa shape index (κ1) is 7.56. The van der Waals surface area contributed by atoms with Gasteiger partial charge in [0.2, 0.25) is 0 Å². The number of hydrogen-bond donors (Lipinski definition) is 0. The minimum Gasteiger partial charge on any atom is -0.762 e. The first-order chi connectivity index (χ1) is 2.91. The molecule has 2 atom stereocenters. The monoisotopic (exact) mass is 156 g/mol. The van der Waals surface area contributed by atoms with Crippen LogP contribution >= 0.6 is 15.6 Å². The minimum absolute atomic E-state index is 0.688. The van der Waals surface area contributed by atoms with E-state index in [1.807, 2.05) is 0 Å². The Morgan fingerprint density at radius 2 is 1.33 bits per heavy atom. The quantitative estimate of drug-likeness (QED) is 0.343. The zero-order valence-electron chi connectivity index (χ0n) is 3.23. The lowest BCUT2D eigenvalue weighted by atomic mass is 11.0. The van der Waals surface area contributed by atoms with Crippen LogP contribution in [0.2, 0.25) is 0 Å². The van der Waals surface area contributed by atoms with Crippen LogP contribution < -0.4 is 0 Å². The molecular weight excluding hydrogens is 150 g/mol. The molecule has 2 unspecified atom stereocenters. The summed E-state index contributed by atoms with van der Waals surface area (Å²) in [4.78, 5) is 0. The summed E-state index contributed by atoms with van der Waals surface area (Å²) in [5.41, 5.74) is 0. The van der Waals surface area contributed by atoms with Crippen LogP contribution in [0.3, 0.4) is 0 Å². The highest BCUT2D eigenvalue weighted by Gasteiger charge is 1.62. The largest absolute Gasteiger partial charge is 0.762 e. The molecule has 0 spiro atoms. The maximum atomic E-state index is 4.70. The van der Waals surface area contributed by atoms with Gasteiger partial charge in [-0.2, -0.15) is 0 Å². The molecule has 0 aromatic rings. The smallest absolute Gasteiger partial charge is 0.0558 e. The summed E-state index contributed by atoms with van der Waals surface area (Å²) in [6.45, 7) is 0. The summed E-state index contributed by atoms with van der Waals surface area (Å²) in [7, 11) is 1.38. The van der Waals surface area contributed by atoms with Crippen LogP contribution in [-0.2, 0) is 24.5 Å². The SMILES string of the molecule is [S-]PCCP[S-]. The average molecular weight is 156 g/mol. The van der Waals surface area contributed by atoms with Gasteiger partial charge in [0.25, 0.3) is 0 Å². The Morgan fingerprint density at radius 1 is 1.00 bits per heavy atom. The van der Waals surface area contributed by atoms with E-state index in [-0.39, 0.29) is 0 Å². The fourth-order valence-electron chi connectivity index (χ4n) is 0.102. The Kier molecular flexibility index (Phi) is 8.27. The van der Waals surface area contributed by atoms with Crippen LogP contribution in [0.1, 0.15) is 0 Å². The van der Waals surface area contributed by atoms with Gasteiger partial charge in [-0.25, -0.2) is 0 Å². The van der Waals surface area contributed by atoms with Gasteiger partial charge in [-0.05, 0) is 0 Å². The second-order valence-corrected chi connectivity index (χ2v) is 4.10. The zero-order valence-corrected chi connectivity index (χ0v) is 6.86. The third kappa shape index (κ3) is 5.56. The lowest BCUT2D eigenvalue weighted by Gasteiger charge is -2.05. The molecule has 0 N–H and O–H groups in total. The Balaban J connectivity index is 2.34. The summed E-state index contributed by atoms with van der Waals surface area (Å²) in [6, 6.07) is 0. The maximum Gasteiger partial charge on any atom is -0.0558 e. The molecule has 0 bridgehead atoms. The van der Waals surface area contributed by atoms with Crippen molar-refractivity contribution in [2.75, 3.05) is 12.3 Å². The van der Waals surface area contributed by atoms with E-state index in [0.717, 1.165) is 12.3 Å². The Bertz CT molecular complexity index is 21.5. The third-order valence-corrected chi connectivity index (χ3v) is 2.96. The zero-order chi connectivity index (χ0) is 4.83. The highest BCUT2D eigenvalue weighted by atomic mass is 32.7. The van der Waals surface area contributed by atoms with E-state index in [0.29, 0.717) is 15.6 Å². The molecule has 6 heavy (non-hydrogen) atoms. The summed E-state index contributed by atoms with van der Waals surface area (Å²) >= 11 is 9.41. The van der Waals surface area contributed by atoms with Crippen LogP contribution in [0.15, 0.2) is 0 Å². The number of rotatable bonds is 3. The van der Waals surface area contributed by atoms with Gasteiger partial charge >= 0.3 is 0 Å². The standard InChI is InChI=1S/C2H6P2S2/c5-3-1-2-4-6/h3-4H,1-2H2/q-2. The first-order valence-corrected chi connectivity index (χ1v) is 6.30. The third-order valence-electron chi connectivity index (χ3n) is 0.329. The molecule has 0 heterocycles. The highest BCUT2D eigenvalue weighted by molar-refractivity contribution is 8.26. The normalized spacial score (nSPS) is 13.0. The van der Waals surface area contributed by atoms with Gasteiger partial charge in [-0.3, -0.25) is 15.6 Å². The van der Waals surface area contributed by atoms with Gasteiger partial charge in [0.1, 0.15) is 0 Å². The van der Waals surface area contributed by atoms with Crippen LogP contribution in [0.25, 0.3) is 0 Å². The van der Waals surface area contributed by atoms with Crippen molar-refractivity contribution in [3.63, 3.8) is 0 Å². The molecule has 38 valence electrons. The van der Waals surface area contributed by atoms with Gasteiger partial charge in [-0.15, -0.1) is 0 Å². The number of hydrogen-bond acceptors (Lipinski definition) is 2. The fraction of sp³-hybridized carbons (Fsp3) is 1.00. The lowest BCUT2D eigenvalue weighted by Crippen LogP contribution is -1.71. The highest BCUT2D eigenvalue weighted by Crippen LogP contribution is 2.11. The summed E-state index contributed by atoms with van der Waals surface area (Å²) in [5, 5.41) is 0. The molecule has 0 nitrogen and oxygen atoms in total. The van der Waals surface area contributed by atoms with E-state index in [9.17, 15) is 0 Å². The van der Waals surface area contributed by atoms with Crippen molar-refractivity contribution >= 4 is 40.1 Å². The van der Waals surface area contributed by atoms with E-state index in [1.54, 1.807) is 0 Å². The lowest BCUT2D eigenvalue weighted by molar-refractivity contribution is 1.56. The second-order valence-electron chi connectivity index (χ2n) is 0.789. The molecular formula is C2H6P2S2-2. The van der Waals surface area contributed by atoms with Crippen molar-refractivity contribution in [2.45, 2.75) is 0 Å². The van der Waals surface area contributed by atoms with Crippen LogP contribution in [-0.4, -0.2) is 12.3 Å². The molecule has 4 heteroatoms. The molecule has 0 saturated heterocycles. The molecule has 0 aliphatic carbocycles. The maximum absolute atomic E-state index is 4.70. The van der Waals surface area contributed by atoms with Crippen LogP contribution in [0.4, 0.5) is 0 Å². The molecule has 0 aromatic heterocycles. The fourth-order valence-corrected chi connectivity index (χ4v) is 2.76. The average Bonchev–Trinajstić information content (AvgIpc) is 1.61. The van der Waals surface area contributed by atoms with Crippen molar-refractivity contribution in [2.24, 2.45) is 0 Å². The Labute approximate surface area is 52.7 Å². The molecule has 0 saturated carbocycles. The van der Waals surface area contributed by atoms with Gasteiger partial charge in [0.05, 0.1) is 0 Å². The van der Waals surface area contributed by atoms with Crippen molar-refractivity contribution in [3.05, 3.63) is 0 Å². The van der Waals surface area contributed by atoms with E-state index < -0.39 is 0 Å². The molecule has 0 aliphatic rings. The van der Waals surface area contributed by atoms with Crippen molar-refractivity contribution in [3.8, 4) is 0 Å². The predicted molar refractivity (Wildman–Crippen MR) is 41.1 cm³/mol. The summed E-state index contributed by atoms with van der Waals surface area (Å²) < 4.78 is 0. The second kappa shape index (κ2) is 6.56. The van der Waals surface area contributed by atoms with Gasteiger partial charge in [-0.1, -0.05) is 12.3 Å². The topological polar surface area (TPSA) is 0 Å². The molecule has 0 amide bonds. The Hall–Kier alpha value is 1.56. The summed E-state index contributed by atoms with van der Waals surface area (Å²) in [5.74, 6) is 0. The van der Waals surface area contributed by atoms with Gasteiger partial charge in [0, 0.05) is 0 Å². The van der Waals surface area contributed by atoms with Gasteiger partial charge in [0.15, 0.2) is 0 Å². The predicted octanol–water partition coefficient (Wildman–Crippen LogP) is 1.27. The van der Waals surface area contributed by atoms with E-state index >= 15 is 0 Å². The van der Waals surface area contributed by atoms with E-state index in [1.165, 1.54) is 0 Å². The van der Waals surface area contributed by atoms with E-state index in [4.69, 9.17) is 24.5 Å². The van der Waals surface area contributed by atoms with Crippen LogP contribution in [0, 0.1) is 0 Å². The van der Waals surface area contributed by atoms with Gasteiger partial charge < -0.3 is 24.5 Å². The minimum atomic E-state index is 0.688. The molecule has 0 aliphatic heterocycles. The first-order valence-electron chi connectivity index (χ1n) is 1.62. The van der Waals surface area contributed by atoms with Crippen molar-refractivity contribution in [1.82, 2.24) is 0 Å². The van der Waals surface area contributed by atoms with Crippen molar-refractivity contribution in [1.29, 1.82) is 0 Å². The Morgan fingerprint density at radius 3 is 1.50 bits per heavy atom. The molecule has 0 fully saturated rings.